The molecule has 5 heteroatoms. The summed E-state index contributed by atoms with van der Waals surface area (Å²) >= 11 is 1.35. The monoisotopic (exact) mass is 257 g/mol. The molecular formula is C11H15NO2S2. The minimum Gasteiger partial charge on any atom is -0.206 e. The fourth-order valence-electron chi connectivity index (χ4n) is 2.87. The quantitative estimate of drug-likeness (QED) is 0.713. The fourth-order valence-corrected chi connectivity index (χ4v) is 6.23. The van der Waals surface area contributed by atoms with Gasteiger partial charge in [0.05, 0.1) is 0 Å². The van der Waals surface area contributed by atoms with Crippen molar-refractivity contribution in [3.8, 4) is 0 Å². The van der Waals surface area contributed by atoms with Gasteiger partial charge in [0, 0.05) is 12.6 Å². The Hall–Kier alpha value is -0.390. The molecule has 3 rings (SSSR count). The van der Waals surface area contributed by atoms with Crippen molar-refractivity contribution in [3.05, 3.63) is 17.0 Å². The largest absolute Gasteiger partial charge is 0.253 e. The van der Waals surface area contributed by atoms with Gasteiger partial charge in [-0.2, -0.15) is 4.31 Å². The Morgan fingerprint density at radius 1 is 1.50 bits per heavy atom. The number of thiophene rings is 1. The highest BCUT2D eigenvalue weighted by Crippen LogP contribution is 2.44. The van der Waals surface area contributed by atoms with Crippen LogP contribution in [0.4, 0.5) is 0 Å². The first-order chi connectivity index (χ1) is 7.40. The Morgan fingerprint density at radius 3 is 3.00 bits per heavy atom. The summed E-state index contributed by atoms with van der Waals surface area (Å²) in [5.41, 5.74) is 1.13. The first-order valence-electron chi connectivity index (χ1n) is 5.48. The molecule has 3 nitrogen and oxygen atoms in total. The van der Waals surface area contributed by atoms with Crippen molar-refractivity contribution in [2.24, 2.45) is 5.41 Å². The number of rotatable bonds is 0. The second-order valence-electron chi connectivity index (χ2n) is 5.51. The highest BCUT2D eigenvalue weighted by molar-refractivity contribution is 7.91. The van der Waals surface area contributed by atoms with Crippen molar-refractivity contribution in [1.29, 1.82) is 0 Å². The molecule has 0 bridgehead atoms. The van der Waals surface area contributed by atoms with Gasteiger partial charge in [-0.3, -0.25) is 0 Å². The zero-order valence-electron chi connectivity index (χ0n) is 9.43. The minimum absolute atomic E-state index is 0.117. The van der Waals surface area contributed by atoms with E-state index in [1.54, 1.807) is 4.31 Å². The molecule has 1 atom stereocenters. The van der Waals surface area contributed by atoms with E-state index < -0.39 is 10.0 Å². The zero-order chi connectivity index (χ0) is 11.6. The van der Waals surface area contributed by atoms with Crippen LogP contribution >= 0.6 is 11.3 Å². The lowest BCUT2D eigenvalue weighted by Gasteiger charge is -2.28. The number of hydrogen-bond donors (Lipinski definition) is 0. The molecule has 0 aliphatic carbocycles. The first-order valence-corrected chi connectivity index (χ1v) is 7.80. The van der Waals surface area contributed by atoms with Crippen LogP contribution in [0.1, 0.15) is 25.8 Å². The van der Waals surface area contributed by atoms with Crippen LogP contribution in [0.15, 0.2) is 15.7 Å². The maximum absolute atomic E-state index is 12.4. The van der Waals surface area contributed by atoms with Gasteiger partial charge in [-0.25, -0.2) is 8.42 Å². The van der Waals surface area contributed by atoms with Crippen molar-refractivity contribution in [2.75, 3.05) is 6.54 Å². The van der Waals surface area contributed by atoms with Crippen molar-refractivity contribution >= 4 is 21.4 Å². The Bertz CT molecular complexity index is 530. The van der Waals surface area contributed by atoms with E-state index in [-0.39, 0.29) is 11.5 Å². The third kappa shape index (κ3) is 1.38. The molecular weight excluding hydrogens is 242 g/mol. The maximum Gasteiger partial charge on any atom is 0.253 e. The van der Waals surface area contributed by atoms with E-state index in [0.717, 1.165) is 18.4 Å². The summed E-state index contributed by atoms with van der Waals surface area (Å²) in [5, 5.41) is 1.88. The molecule has 1 saturated heterocycles. The van der Waals surface area contributed by atoms with Crippen molar-refractivity contribution in [2.45, 2.75) is 36.9 Å². The van der Waals surface area contributed by atoms with Gasteiger partial charge < -0.3 is 0 Å². The smallest absolute Gasteiger partial charge is 0.206 e. The van der Waals surface area contributed by atoms with E-state index in [1.165, 1.54) is 11.3 Å². The molecule has 2 aliphatic heterocycles. The number of sulfonamides is 1. The van der Waals surface area contributed by atoms with Crippen LogP contribution in [0.5, 0.6) is 0 Å². The molecule has 0 spiro atoms. The molecule has 0 N–H and O–H groups in total. The standard InChI is InChI=1S/C11H15NO2S2/c1-11(2)6-9-5-8-3-4-15-10(8)16(13,14)12(9)7-11/h3-4,9H,5-7H2,1-2H3/t9-/m1/s1. The van der Waals surface area contributed by atoms with Crippen LogP contribution in [0, 0.1) is 5.41 Å². The summed E-state index contributed by atoms with van der Waals surface area (Å²) < 4.78 is 27.0. The molecule has 2 aliphatic rings. The molecule has 0 radical (unpaired) electrons. The number of nitrogens with zero attached hydrogens (tertiary/aromatic N) is 1. The lowest BCUT2D eigenvalue weighted by Crippen LogP contribution is -2.40. The van der Waals surface area contributed by atoms with E-state index in [9.17, 15) is 8.42 Å². The summed E-state index contributed by atoms with van der Waals surface area (Å²) in [5.74, 6) is 0. The number of hydrogen-bond acceptors (Lipinski definition) is 3. The van der Waals surface area contributed by atoms with E-state index in [1.807, 2.05) is 11.4 Å². The normalized spacial score (nSPS) is 31.0. The predicted octanol–water partition coefficient (Wildman–Crippen LogP) is 2.09. The average molecular weight is 257 g/mol. The summed E-state index contributed by atoms with van der Waals surface area (Å²) in [7, 11) is -3.20. The third-order valence-electron chi connectivity index (χ3n) is 3.48. The molecule has 1 aromatic rings. The van der Waals surface area contributed by atoms with Crippen LogP contribution < -0.4 is 0 Å². The zero-order valence-corrected chi connectivity index (χ0v) is 11.1. The second kappa shape index (κ2) is 3.09. The molecule has 16 heavy (non-hydrogen) atoms. The molecule has 0 unspecified atom stereocenters. The van der Waals surface area contributed by atoms with Gasteiger partial charge in [-0.15, -0.1) is 11.3 Å². The molecule has 0 amide bonds. The van der Waals surface area contributed by atoms with Gasteiger partial charge in [-0.1, -0.05) is 13.8 Å². The van der Waals surface area contributed by atoms with Crippen LogP contribution in [0.2, 0.25) is 0 Å². The highest BCUT2D eigenvalue weighted by atomic mass is 32.2. The fraction of sp³-hybridized carbons (Fsp3) is 0.636. The second-order valence-corrected chi connectivity index (χ2v) is 8.51. The summed E-state index contributed by atoms with van der Waals surface area (Å²) in [4.78, 5) is 0. The van der Waals surface area contributed by atoms with Gasteiger partial charge in [-0.05, 0) is 35.3 Å². The average Bonchev–Trinajstić information content (AvgIpc) is 2.69. The summed E-state index contributed by atoms with van der Waals surface area (Å²) in [6.45, 7) is 4.96. The third-order valence-corrected chi connectivity index (χ3v) is 6.93. The van der Waals surface area contributed by atoms with Crippen molar-refractivity contribution in [3.63, 3.8) is 0 Å². The molecule has 1 aromatic heterocycles. The van der Waals surface area contributed by atoms with Crippen LogP contribution in [-0.4, -0.2) is 25.3 Å². The lowest BCUT2D eigenvalue weighted by molar-refractivity contribution is 0.360. The Kier molecular flexibility index (Phi) is 2.07. The summed E-state index contributed by atoms with van der Waals surface area (Å²) in [6, 6.07) is 2.14. The first kappa shape index (κ1) is 10.7. The van der Waals surface area contributed by atoms with Crippen LogP contribution in [0.25, 0.3) is 0 Å². The SMILES string of the molecule is CC1(C)C[C@H]2Cc3ccsc3S(=O)(=O)N2C1. The number of fused-ring (bicyclic) bond motifs is 2. The van der Waals surface area contributed by atoms with E-state index in [4.69, 9.17) is 0 Å². The summed E-state index contributed by atoms with van der Waals surface area (Å²) in [6.07, 6.45) is 1.86. The molecule has 0 saturated carbocycles. The van der Waals surface area contributed by atoms with Gasteiger partial charge in [0.25, 0.3) is 10.0 Å². The van der Waals surface area contributed by atoms with E-state index in [2.05, 4.69) is 13.8 Å². The van der Waals surface area contributed by atoms with Gasteiger partial charge in [0.2, 0.25) is 0 Å². The van der Waals surface area contributed by atoms with Gasteiger partial charge >= 0.3 is 0 Å². The van der Waals surface area contributed by atoms with Gasteiger partial charge in [0.15, 0.2) is 0 Å². The van der Waals surface area contributed by atoms with Crippen molar-refractivity contribution in [1.82, 2.24) is 4.31 Å². The highest BCUT2D eigenvalue weighted by Gasteiger charge is 2.47. The Labute approximate surface area is 100 Å². The predicted molar refractivity (Wildman–Crippen MR) is 64.1 cm³/mol. The minimum atomic E-state index is -3.20. The molecule has 3 heterocycles. The maximum atomic E-state index is 12.4. The van der Waals surface area contributed by atoms with Crippen LogP contribution in [0.3, 0.4) is 0 Å². The lowest BCUT2D eigenvalue weighted by atomic mass is 9.89. The van der Waals surface area contributed by atoms with Crippen molar-refractivity contribution < 1.29 is 8.42 Å². The van der Waals surface area contributed by atoms with E-state index >= 15 is 0 Å². The molecule has 0 aromatic carbocycles. The molecule has 88 valence electrons. The van der Waals surface area contributed by atoms with Gasteiger partial charge in [0.1, 0.15) is 4.21 Å². The van der Waals surface area contributed by atoms with Crippen LogP contribution in [-0.2, 0) is 16.4 Å². The van der Waals surface area contributed by atoms with E-state index in [0.29, 0.717) is 10.8 Å². The Balaban J connectivity index is 2.12. The Morgan fingerprint density at radius 2 is 2.25 bits per heavy atom. The topological polar surface area (TPSA) is 37.4 Å². The molecule has 1 fully saturated rings.